The van der Waals surface area contributed by atoms with Gasteiger partial charge in [0.15, 0.2) is 0 Å². The van der Waals surface area contributed by atoms with Crippen molar-refractivity contribution in [3.63, 3.8) is 0 Å². The molecule has 0 aliphatic heterocycles. The number of hydrogen-bond donors (Lipinski definition) is 2. The van der Waals surface area contributed by atoms with Crippen LogP contribution in [-0.2, 0) is 5.60 Å². The third-order valence-corrected chi connectivity index (χ3v) is 4.67. The van der Waals surface area contributed by atoms with Crippen LogP contribution in [0, 0.1) is 0 Å². The molecule has 20 heavy (non-hydrogen) atoms. The van der Waals surface area contributed by atoms with Crippen molar-refractivity contribution >= 4 is 0 Å². The summed E-state index contributed by atoms with van der Waals surface area (Å²) in [4.78, 5) is 0. The summed E-state index contributed by atoms with van der Waals surface area (Å²) in [5.41, 5.74) is 0.258. The van der Waals surface area contributed by atoms with E-state index in [1.54, 1.807) is 0 Å². The van der Waals surface area contributed by atoms with Gasteiger partial charge in [0, 0.05) is 0 Å². The van der Waals surface area contributed by atoms with Gasteiger partial charge in [-0.3, -0.25) is 0 Å². The molecule has 2 heteroatoms. The molecular weight excluding hydrogens is 248 g/mol. The minimum atomic E-state index is -0.528. The van der Waals surface area contributed by atoms with Crippen LogP contribution in [0.1, 0.15) is 70.3 Å². The predicted molar refractivity (Wildman–Crippen MR) is 82.5 cm³/mol. The molecular formula is C18H28O2. The average molecular weight is 276 g/mol. The molecule has 2 aliphatic rings. The summed E-state index contributed by atoms with van der Waals surface area (Å²) in [5.74, 6) is 0. The molecule has 112 valence electrons. The highest BCUT2D eigenvalue weighted by atomic mass is 16.3. The van der Waals surface area contributed by atoms with Crippen molar-refractivity contribution in [2.75, 3.05) is 0 Å². The second-order valence-electron chi connectivity index (χ2n) is 6.66. The van der Waals surface area contributed by atoms with Gasteiger partial charge in [0.05, 0.1) is 11.2 Å². The Kier molecular flexibility index (Phi) is 5.22. The molecule has 0 saturated heterocycles. The monoisotopic (exact) mass is 276 g/mol. The van der Waals surface area contributed by atoms with Gasteiger partial charge in [-0.2, -0.15) is 0 Å². The second kappa shape index (κ2) is 6.73. The molecule has 0 amide bonds. The largest absolute Gasteiger partial charge is 0.390 e. The normalized spacial score (nSPS) is 23.8. The van der Waals surface area contributed by atoms with Gasteiger partial charge in [-0.15, -0.1) is 0 Å². The zero-order valence-corrected chi connectivity index (χ0v) is 12.6. The Labute approximate surface area is 122 Å². The smallest absolute Gasteiger partial charge is 0.0896 e. The van der Waals surface area contributed by atoms with Crippen LogP contribution < -0.4 is 0 Å². The zero-order chi connectivity index (χ0) is 14.5. The van der Waals surface area contributed by atoms with Crippen LogP contribution >= 0.6 is 0 Å². The topological polar surface area (TPSA) is 40.5 Å². The lowest BCUT2D eigenvalue weighted by atomic mass is 9.80. The van der Waals surface area contributed by atoms with E-state index in [2.05, 4.69) is 0 Å². The van der Waals surface area contributed by atoms with Gasteiger partial charge < -0.3 is 10.2 Å². The molecule has 2 N–H and O–H groups in total. The Bertz CT molecular complexity index is 383. The van der Waals surface area contributed by atoms with E-state index in [9.17, 15) is 10.2 Å². The Hall–Kier alpha value is -0.860. The molecule has 0 atom stereocenters. The fourth-order valence-corrected chi connectivity index (χ4v) is 3.31. The van der Waals surface area contributed by atoms with Gasteiger partial charge in [0.25, 0.3) is 0 Å². The summed E-state index contributed by atoms with van der Waals surface area (Å²) in [7, 11) is 0. The lowest BCUT2D eigenvalue weighted by molar-refractivity contribution is -0.000626. The molecule has 3 rings (SSSR count). The summed E-state index contributed by atoms with van der Waals surface area (Å²) in [5, 5.41) is 19.5. The second-order valence-corrected chi connectivity index (χ2v) is 6.66. The van der Waals surface area contributed by atoms with Crippen molar-refractivity contribution in [3.05, 3.63) is 35.9 Å². The highest BCUT2D eigenvalue weighted by Gasteiger charge is 2.30. The van der Waals surface area contributed by atoms with E-state index in [1.165, 1.54) is 19.3 Å². The molecule has 1 aromatic rings. The number of rotatable bonds is 1. The minimum absolute atomic E-state index is 0.306. The van der Waals surface area contributed by atoms with Crippen LogP contribution in [0.15, 0.2) is 30.3 Å². The highest BCUT2D eigenvalue weighted by molar-refractivity contribution is 5.22. The maximum absolute atomic E-state index is 10.3. The molecule has 2 saturated carbocycles. The Morgan fingerprint density at radius 1 is 0.750 bits per heavy atom. The van der Waals surface area contributed by atoms with Gasteiger partial charge in [0.1, 0.15) is 0 Å². The SMILES string of the molecule is CC1(O)CCCC1.OC1(c2ccccc2)CCCCC1. The molecule has 2 fully saturated rings. The van der Waals surface area contributed by atoms with E-state index >= 15 is 0 Å². The van der Waals surface area contributed by atoms with E-state index in [1.807, 2.05) is 37.3 Å². The van der Waals surface area contributed by atoms with Gasteiger partial charge >= 0.3 is 0 Å². The average Bonchev–Trinajstić information content (AvgIpc) is 2.86. The van der Waals surface area contributed by atoms with Crippen LogP contribution in [0.4, 0.5) is 0 Å². The van der Waals surface area contributed by atoms with Crippen molar-refractivity contribution in [2.24, 2.45) is 0 Å². The Morgan fingerprint density at radius 3 is 1.70 bits per heavy atom. The molecule has 0 aromatic heterocycles. The zero-order valence-electron chi connectivity index (χ0n) is 12.6. The van der Waals surface area contributed by atoms with Gasteiger partial charge in [-0.25, -0.2) is 0 Å². The van der Waals surface area contributed by atoms with Gasteiger partial charge in [0.2, 0.25) is 0 Å². The van der Waals surface area contributed by atoms with Crippen molar-refractivity contribution in [1.29, 1.82) is 0 Å². The van der Waals surface area contributed by atoms with E-state index in [0.717, 1.165) is 44.1 Å². The lowest BCUT2D eigenvalue weighted by Gasteiger charge is -2.32. The van der Waals surface area contributed by atoms with Crippen LogP contribution in [0.25, 0.3) is 0 Å². The summed E-state index contributed by atoms with van der Waals surface area (Å²) >= 11 is 0. The third kappa shape index (κ3) is 4.32. The van der Waals surface area contributed by atoms with Crippen molar-refractivity contribution in [1.82, 2.24) is 0 Å². The molecule has 0 bridgehead atoms. The summed E-state index contributed by atoms with van der Waals surface area (Å²) < 4.78 is 0. The molecule has 1 aromatic carbocycles. The van der Waals surface area contributed by atoms with Gasteiger partial charge in [-0.1, -0.05) is 62.4 Å². The maximum atomic E-state index is 10.3. The molecule has 0 heterocycles. The fourth-order valence-electron chi connectivity index (χ4n) is 3.31. The van der Waals surface area contributed by atoms with Crippen LogP contribution in [-0.4, -0.2) is 15.8 Å². The Balaban J connectivity index is 0.000000178. The number of aliphatic hydroxyl groups is 2. The Morgan fingerprint density at radius 2 is 1.25 bits per heavy atom. The van der Waals surface area contributed by atoms with Gasteiger partial charge in [-0.05, 0) is 38.2 Å². The summed E-state index contributed by atoms with van der Waals surface area (Å²) in [6, 6.07) is 10.1. The standard InChI is InChI=1S/C12H16O.C6H12O/c13-12(9-5-2-6-10-12)11-7-3-1-4-8-11;1-6(7)4-2-3-5-6/h1,3-4,7-8,13H,2,5-6,9-10H2;7H,2-5H2,1H3. The maximum Gasteiger partial charge on any atom is 0.0896 e. The van der Waals surface area contributed by atoms with E-state index in [0.29, 0.717) is 0 Å². The molecule has 2 aliphatic carbocycles. The van der Waals surface area contributed by atoms with Crippen LogP contribution in [0.2, 0.25) is 0 Å². The first-order chi connectivity index (χ1) is 9.52. The predicted octanol–water partition coefficient (Wildman–Crippen LogP) is 4.15. The fraction of sp³-hybridized carbons (Fsp3) is 0.667. The van der Waals surface area contributed by atoms with Crippen molar-refractivity contribution in [2.45, 2.75) is 75.9 Å². The minimum Gasteiger partial charge on any atom is -0.390 e. The van der Waals surface area contributed by atoms with E-state index in [-0.39, 0.29) is 5.60 Å². The number of hydrogen-bond acceptors (Lipinski definition) is 2. The lowest BCUT2D eigenvalue weighted by Crippen LogP contribution is -2.28. The quantitative estimate of drug-likeness (QED) is 0.809. The third-order valence-electron chi connectivity index (χ3n) is 4.67. The molecule has 0 unspecified atom stereocenters. The van der Waals surface area contributed by atoms with E-state index < -0.39 is 5.60 Å². The number of benzene rings is 1. The highest BCUT2D eigenvalue weighted by Crippen LogP contribution is 2.36. The van der Waals surface area contributed by atoms with Crippen molar-refractivity contribution in [3.8, 4) is 0 Å². The first-order valence-electron chi connectivity index (χ1n) is 8.02. The molecule has 0 radical (unpaired) electrons. The van der Waals surface area contributed by atoms with Crippen LogP contribution in [0.3, 0.4) is 0 Å². The summed E-state index contributed by atoms with van der Waals surface area (Å²) in [6.07, 6.45) is 9.89. The first-order valence-corrected chi connectivity index (χ1v) is 8.02. The van der Waals surface area contributed by atoms with Crippen molar-refractivity contribution < 1.29 is 10.2 Å². The van der Waals surface area contributed by atoms with Crippen LogP contribution in [0.5, 0.6) is 0 Å². The summed E-state index contributed by atoms with van der Waals surface area (Å²) in [6.45, 7) is 1.92. The molecule has 0 spiro atoms. The molecule has 2 nitrogen and oxygen atoms in total. The van der Waals surface area contributed by atoms with E-state index in [4.69, 9.17) is 0 Å². The first kappa shape index (κ1) is 15.5.